The van der Waals surface area contributed by atoms with Gasteiger partial charge in [0.25, 0.3) is 0 Å². The van der Waals surface area contributed by atoms with Gasteiger partial charge in [-0.3, -0.25) is 4.99 Å². The van der Waals surface area contributed by atoms with Crippen molar-refractivity contribution in [3.05, 3.63) is 0 Å². The van der Waals surface area contributed by atoms with Gasteiger partial charge in [-0.05, 0) is 32.9 Å². The van der Waals surface area contributed by atoms with Crippen LogP contribution >= 0.6 is 11.8 Å². The first-order valence-corrected chi connectivity index (χ1v) is 7.74. The number of hydrogen-bond donors (Lipinski definition) is 2. The molecule has 0 bridgehead atoms. The molecule has 0 aromatic rings. The largest absolute Gasteiger partial charge is 0.373 e. The first kappa shape index (κ1) is 14.6. The second-order valence-corrected chi connectivity index (χ2v) is 5.50. The van der Waals surface area contributed by atoms with Gasteiger partial charge in [-0.2, -0.15) is 11.8 Å². The van der Waals surface area contributed by atoms with Crippen molar-refractivity contribution in [3.8, 4) is 0 Å². The van der Waals surface area contributed by atoms with E-state index in [9.17, 15) is 0 Å². The molecule has 2 N–H and O–H groups in total. The molecule has 1 atom stereocenters. The fraction of sp³-hybridized carbons (Fsp3) is 0.917. The number of rotatable bonds is 6. The molecule has 1 heterocycles. The lowest BCUT2D eigenvalue weighted by Gasteiger charge is -2.21. The van der Waals surface area contributed by atoms with Gasteiger partial charge < -0.3 is 15.4 Å². The summed E-state index contributed by atoms with van der Waals surface area (Å²) in [6.45, 7) is 7.69. The van der Waals surface area contributed by atoms with Crippen molar-refractivity contribution in [1.82, 2.24) is 10.6 Å². The topological polar surface area (TPSA) is 45.7 Å². The fourth-order valence-electron chi connectivity index (χ4n) is 1.82. The Morgan fingerprint density at radius 2 is 2.29 bits per heavy atom. The predicted octanol–water partition coefficient (Wildman–Crippen LogP) is 1.47. The second kappa shape index (κ2) is 7.82. The van der Waals surface area contributed by atoms with Crippen molar-refractivity contribution >= 4 is 17.7 Å². The number of guanidine groups is 1. The fourth-order valence-corrected chi connectivity index (χ4v) is 2.13. The SMILES string of the molecule is CCNC(=NCC1(C)CCCO1)NCCSC. The van der Waals surface area contributed by atoms with Crippen LogP contribution in [0.25, 0.3) is 0 Å². The lowest BCUT2D eigenvalue weighted by atomic mass is 10.0. The molecule has 5 heteroatoms. The Labute approximate surface area is 109 Å². The monoisotopic (exact) mass is 259 g/mol. The van der Waals surface area contributed by atoms with Gasteiger partial charge >= 0.3 is 0 Å². The molecule has 1 rings (SSSR count). The maximum Gasteiger partial charge on any atom is 0.191 e. The van der Waals surface area contributed by atoms with Gasteiger partial charge in [-0.1, -0.05) is 0 Å². The average molecular weight is 259 g/mol. The molecule has 1 unspecified atom stereocenters. The summed E-state index contributed by atoms with van der Waals surface area (Å²) in [5, 5.41) is 6.58. The molecule has 17 heavy (non-hydrogen) atoms. The third-order valence-corrected chi connectivity index (χ3v) is 3.43. The molecule has 0 spiro atoms. The van der Waals surface area contributed by atoms with E-state index in [2.05, 4.69) is 35.7 Å². The molecular formula is C12H25N3OS. The Hall–Kier alpha value is -0.420. The quantitative estimate of drug-likeness (QED) is 0.431. The molecule has 1 saturated heterocycles. The average Bonchev–Trinajstić information content (AvgIpc) is 2.74. The van der Waals surface area contributed by atoms with Gasteiger partial charge in [0.15, 0.2) is 5.96 Å². The molecule has 1 aliphatic rings. The number of thioether (sulfide) groups is 1. The van der Waals surface area contributed by atoms with E-state index in [4.69, 9.17) is 4.74 Å². The highest BCUT2D eigenvalue weighted by atomic mass is 32.2. The van der Waals surface area contributed by atoms with Gasteiger partial charge in [0.2, 0.25) is 0 Å². The van der Waals surface area contributed by atoms with E-state index < -0.39 is 0 Å². The van der Waals surface area contributed by atoms with Crippen molar-refractivity contribution in [2.45, 2.75) is 32.3 Å². The first-order valence-electron chi connectivity index (χ1n) is 6.35. The molecule has 0 aromatic heterocycles. The summed E-state index contributed by atoms with van der Waals surface area (Å²) in [5.41, 5.74) is -0.0537. The number of hydrogen-bond acceptors (Lipinski definition) is 3. The molecule has 0 amide bonds. The summed E-state index contributed by atoms with van der Waals surface area (Å²) in [5.74, 6) is 2.00. The van der Waals surface area contributed by atoms with Crippen molar-refractivity contribution in [2.75, 3.05) is 38.2 Å². The predicted molar refractivity (Wildman–Crippen MR) is 76.0 cm³/mol. The van der Waals surface area contributed by atoms with Gasteiger partial charge in [0, 0.05) is 25.4 Å². The third kappa shape index (κ3) is 5.64. The van der Waals surface area contributed by atoms with Crippen molar-refractivity contribution in [3.63, 3.8) is 0 Å². The molecule has 0 aromatic carbocycles. The van der Waals surface area contributed by atoms with E-state index in [1.807, 2.05) is 11.8 Å². The van der Waals surface area contributed by atoms with Crippen LogP contribution in [-0.2, 0) is 4.74 Å². The minimum absolute atomic E-state index is 0.0537. The smallest absolute Gasteiger partial charge is 0.191 e. The van der Waals surface area contributed by atoms with Crippen LogP contribution in [0, 0.1) is 0 Å². The Morgan fingerprint density at radius 3 is 2.88 bits per heavy atom. The van der Waals surface area contributed by atoms with Gasteiger partial charge in [0.1, 0.15) is 0 Å². The standard InChI is InChI=1S/C12H25N3OS/c1-4-13-11(14-7-9-17-3)15-10-12(2)6-5-8-16-12/h4-10H2,1-3H3,(H2,13,14,15). The maximum atomic E-state index is 5.73. The van der Waals surface area contributed by atoms with Crippen LogP contribution in [0.15, 0.2) is 4.99 Å². The molecule has 0 saturated carbocycles. The first-order chi connectivity index (χ1) is 8.20. The Bertz CT molecular complexity index is 240. The molecule has 0 radical (unpaired) electrons. The van der Waals surface area contributed by atoms with E-state index in [1.54, 1.807) is 0 Å². The van der Waals surface area contributed by atoms with Crippen molar-refractivity contribution < 1.29 is 4.74 Å². The highest BCUT2D eigenvalue weighted by Crippen LogP contribution is 2.24. The number of nitrogens with one attached hydrogen (secondary N) is 2. The Kier molecular flexibility index (Phi) is 6.73. The van der Waals surface area contributed by atoms with Crippen LogP contribution in [-0.4, -0.2) is 49.8 Å². The van der Waals surface area contributed by atoms with E-state index in [0.29, 0.717) is 0 Å². The van der Waals surface area contributed by atoms with E-state index >= 15 is 0 Å². The Balaban J connectivity index is 2.38. The van der Waals surface area contributed by atoms with Crippen LogP contribution in [0.2, 0.25) is 0 Å². The van der Waals surface area contributed by atoms with Gasteiger partial charge in [-0.25, -0.2) is 0 Å². The van der Waals surface area contributed by atoms with Gasteiger partial charge in [-0.15, -0.1) is 0 Å². The number of ether oxygens (including phenoxy) is 1. The zero-order chi connectivity index (χ0) is 12.6. The molecule has 1 fully saturated rings. The van der Waals surface area contributed by atoms with Crippen LogP contribution < -0.4 is 10.6 Å². The van der Waals surface area contributed by atoms with Crippen molar-refractivity contribution in [2.24, 2.45) is 4.99 Å². The summed E-state index contributed by atoms with van der Waals surface area (Å²) < 4.78 is 5.73. The van der Waals surface area contributed by atoms with Crippen molar-refractivity contribution in [1.29, 1.82) is 0 Å². The van der Waals surface area contributed by atoms with E-state index in [-0.39, 0.29) is 5.60 Å². The minimum atomic E-state index is -0.0537. The summed E-state index contributed by atoms with van der Waals surface area (Å²) in [6.07, 6.45) is 4.38. The molecule has 0 aliphatic carbocycles. The van der Waals surface area contributed by atoms with E-state index in [0.717, 1.165) is 50.8 Å². The lowest BCUT2D eigenvalue weighted by molar-refractivity contribution is 0.0283. The lowest BCUT2D eigenvalue weighted by Crippen LogP contribution is -2.40. The number of aliphatic imine (C=N–C) groups is 1. The van der Waals surface area contributed by atoms with E-state index in [1.165, 1.54) is 0 Å². The zero-order valence-electron chi connectivity index (χ0n) is 11.2. The highest BCUT2D eigenvalue weighted by Gasteiger charge is 2.29. The summed E-state index contributed by atoms with van der Waals surface area (Å²) in [7, 11) is 0. The summed E-state index contributed by atoms with van der Waals surface area (Å²) in [6, 6.07) is 0. The van der Waals surface area contributed by atoms with Crippen LogP contribution in [0.1, 0.15) is 26.7 Å². The van der Waals surface area contributed by atoms with Crippen LogP contribution in [0.3, 0.4) is 0 Å². The van der Waals surface area contributed by atoms with Crippen LogP contribution in [0.5, 0.6) is 0 Å². The molecule has 1 aliphatic heterocycles. The summed E-state index contributed by atoms with van der Waals surface area (Å²) in [4.78, 5) is 4.60. The maximum absolute atomic E-state index is 5.73. The molecule has 4 nitrogen and oxygen atoms in total. The minimum Gasteiger partial charge on any atom is -0.373 e. The second-order valence-electron chi connectivity index (χ2n) is 4.52. The Morgan fingerprint density at radius 1 is 1.47 bits per heavy atom. The molecule has 100 valence electrons. The number of nitrogens with zero attached hydrogens (tertiary/aromatic N) is 1. The molecular weight excluding hydrogens is 234 g/mol. The van der Waals surface area contributed by atoms with Crippen LogP contribution in [0.4, 0.5) is 0 Å². The zero-order valence-corrected chi connectivity index (χ0v) is 12.0. The third-order valence-electron chi connectivity index (χ3n) is 2.81. The highest BCUT2D eigenvalue weighted by molar-refractivity contribution is 7.98. The summed E-state index contributed by atoms with van der Waals surface area (Å²) >= 11 is 1.83. The van der Waals surface area contributed by atoms with Gasteiger partial charge in [0.05, 0.1) is 12.1 Å². The normalized spacial score (nSPS) is 25.0.